The molecule has 9 heteroatoms. The lowest BCUT2D eigenvalue weighted by atomic mass is 10.1. The minimum Gasteiger partial charge on any atom is -0.493 e. The third-order valence-electron chi connectivity index (χ3n) is 5.57. The van der Waals surface area contributed by atoms with E-state index < -0.39 is 0 Å². The Kier molecular flexibility index (Phi) is 7.16. The number of hydrogen-bond donors (Lipinski definition) is 3. The zero-order valence-electron chi connectivity index (χ0n) is 16.8. The van der Waals surface area contributed by atoms with Gasteiger partial charge in [-0.3, -0.25) is 9.69 Å². The molecule has 1 aliphatic carbocycles. The monoisotopic (exact) mass is 407 g/mol. The number of carbonyl (C=O) groups is 2. The smallest absolute Gasteiger partial charge is 0.319 e. The Morgan fingerprint density at radius 1 is 1.24 bits per heavy atom. The van der Waals surface area contributed by atoms with Gasteiger partial charge in [-0.25, -0.2) is 4.79 Å². The lowest BCUT2D eigenvalue weighted by Crippen LogP contribution is -2.47. The molecule has 0 unspecified atom stereocenters. The van der Waals surface area contributed by atoms with Crippen LogP contribution in [-0.2, 0) is 9.53 Å². The summed E-state index contributed by atoms with van der Waals surface area (Å²) in [6.07, 6.45) is 3.94. The lowest BCUT2D eigenvalue weighted by molar-refractivity contribution is -0.122. The van der Waals surface area contributed by atoms with Gasteiger partial charge in [-0.05, 0) is 37.3 Å². The molecule has 0 radical (unpaired) electrons. The summed E-state index contributed by atoms with van der Waals surface area (Å²) < 4.78 is 16.5. The van der Waals surface area contributed by atoms with Gasteiger partial charge in [-0.1, -0.05) is 0 Å². The van der Waals surface area contributed by atoms with Gasteiger partial charge >= 0.3 is 6.03 Å². The number of hydrogen-bond acceptors (Lipinski definition) is 6. The highest BCUT2D eigenvalue weighted by Crippen LogP contribution is 2.38. The number of ether oxygens (including phenoxy) is 3. The summed E-state index contributed by atoms with van der Waals surface area (Å²) in [7, 11) is 3.16. The predicted octanol–water partition coefficient (Wildman–Crippen LogP) is 1.78. The molecular formula is C20H29N3O6. The van der Waals surface area contributed by atoms with Crippen LogP contribution in [0.2, 0.25) is 0 Å². The molecule has 0 bridgehead atoms. The van der Waals surface area contributed by atoms with Crippen molar-refractivity contribution < 1.29 is 28.9 Å². The van der Waals surface area contributed by atoms with Crippen LogP contribution in [0, 0.1) is 5.92 Å². The van der Waals surface area contributed by atoms with Gasteiger partial charge in [0.15, 0.2) is 11.5 Å². The summed E-state index contributed by atoms with van der Waals surface area (Å²) in [6, 6.07) is 5.72. The van der Waals surface area contributed by atoms with E-state index in [9.17, 15) is 4.79 Å². The maximum atomic E-state index is 12.4. The number of amides is 2. The van der Waals surface area contributed by atoms with Crippen molar-refractivity contribution in [2.24, 2.45) is 5.92 Å². The first-order valence-corrected chi connectivity index (χ1v) is 9.81. The Balaban J connectivity index is 0.000000755. The lowest BCUT2D eigenvalue weighted by Gasteiger charge is -2.35. The average molecular weight is 407 g/mol. The Hall–Kier alpha value is -2.52. The topological polar surface area (TPSA) is 109 Å². The van der Waals surface area contributed by atoms with E-state index in [0.717, 1.165) is 32.0 Å². The van der Waals surface area contributed by atoms with Crippen molar-refractivity contribution in [1.82, 2.24) is 10.2 Å². The van der Waals surface area contributed by atoms with Gasteiger partial charge < -0.3 is 30.0 Å². The normalized spacial score (nSPS) is 25.8. The number of fused-ring (bicyclic) bond motifs is 1. The molecule has 2 aliphatic heterocycles. The maximum Gasteiger partial charge on any atom is 0.319 e. The SMILES string of the molecule is COc1ccc(NC(=O)N[C@H]2C[C@H]3CO[C@@H](C4CC4)CN3C2)cc1OC.O=CO. The van der Waals surface area contributed by atoms with Crippen LogP contribution in [-0.4, -0.2) is 74.6 Å². The molecule has 0 aromatic heterocycles. The summed E-state index contributed by atoms with van der Waals surface area (Å²) in [5.74, 6) is 1.99. The molecule has 4 rings (SSSR count). The van der Waals surface area contributed by atoms with E-state index in [-0.39, 0.29) is 18.5 Å². The van der Waals surface area contributed by atoms with Gasteiger partial charge in [0.1, 0.15) is 0 Å². The molecule has 3 aliphatic rings. The molecule has 1 aromatic carbocycles. The summed E-state index contributed by atoms with van der Waals surface area (Å²) in [5.41, 5.74) is 0.674. The molecule has 29 heavy (non-hydrogen) atoms. The van der Waals surface area contributed by atoms with E-state index in [1.165, 1.54) is 12.8 Å². The molecule has 160 valence electrons. The fraction of sp³-hybridized carbons (Fsp3) is 0.600. The number of nitrogens with zero attached hydrogens (tertiary/aromatic N) is 1. The standard InChI is InChI=1S/C19H27N3O4.CH2O2/c1-24-16-6-5-13(8-17(16)25-2)20-19(23)21-14-7-15-11-26-18(12-3-4-12)10-22(15)9-14;2-1-3/h5-6,8,12,14-15,18H,3-4,7,9-11H2,1-2H3,(H2,20,21,23);1H,(H,2,3)/t14-,15-,18+;/m0./s1. The number of benzene rings is 1. The van der Waals surface area contributed by atoms with Gasteiger partial charge in [-0.15, -0.1) is 0 Å². The number of anilines is 1. The Morgan fingerprint density at radius 3 is 2.62 bits per heavy atom. The Labute approximate surface area is 170 Å². The molecule has 2 saturated heterocycles. The first-order valence-electron chi connectivity index (χ1n) is 9.81. The first kappa shape index (κ1) is 21.2. The van der Waals surface area contributed by atoms with Crippen LogP contribution in [0.4, 0.5) is 10.5 Å². The molecule has 2 amide bonds. The fourth-order valence-electron chi connectivity index (χ4n) is 4.02. The van der Waals surface area contributed by atoms with E-state index in [0.29, 0.717) is 29.3 Å². The molecule has 3 fully saturated rings. The molecule has 0 spiro atoms. The molecule has 9 nitrogen and oxygen atoms in total. The second kappa shape index (κ2) is 9.80. The minimum absolute atomic E-state index is 0.154. The number of carboxylic acid groups (broad SMARTS) is 1. The quantitative estimate of drug-likeness (QED) is 0.638. The Morgan fingerprint density at radius 2 is 1.97 bits per heavy atom. The van der Waals surface area contributed by atoms with Crippen molar-refractivity contribution in [3.8, 4) is 11.5 Å². The van der Waals surface area contributed by atoms with Crippen LogP contribution in [0.3, 0.4) is 0 Å². The van der Waals surface area contributed by atoms with Crippen LogP contribution in [0.15, 0.2) is 18.2 Å². The molecule has 3 N–H and O–H groups in total. The molecule has 1 saturated carbocycles. The Bertz CT molecular complexity index is 711. The fourth-order valence-corrected chi connectivity index (χ4v) is 4.02. The van der Waals surface area contributed by atoms with E-state index >= 15 is 0 Å². The number of morpholine rings is 1. The predicted molar refractivity (Wildman–Crippen MR) is 107 cm³/mol. The molecule has 2 heterocycles. The number of nitrogens with one attached hydrogen (secondary N) is 2. The zero-order valence-corrected chi connectivity index (χ0v) is 16.8. The average Bonchev–Trinajstić information content (AvgIpc) is 3.48. The first-order chi connectivity index (χ1) is 14.1. The van der Waals surface area contributed by atoms with E-state index in [1.807, 2.05) is 0 Å². The van der Waals surface area contributed by atoms with Crippen molar-refractivity contribution in [1.29, 1.82) is 0 Å². The van der Waals surface area contributed by atoms with Crippen molar-refractivity contribution in [3.05, 3.63) is 18.2 Å². The summed E-state index contributed by atoms with van der Waals surface area (Å²) in [6.45, 7) is 2.44. The van der Waals surface area contributed by atoms with Crippen molar-refractivity contribution in [3.63, 3.8) is 0 Å². The van der Waals surface area contributed by atoms with Crippen LogP contribution in [0.1, 0.15) is 19.3 Å². The highest BCUT2D eigenvalue weighted by atomic mass is 16.5. The molecule has 1 aromatic rings. The van der Waals surface area contributed by atoms with Gasteiger partial charge in [0.25, 0.3) is 6.47 Å². The summed E-state index contributed by atoms with van der Waals surface area (Å²) in [5, 5.41) is 12.9. The van der Waals surface area contributed by atoms with Crippen molar-refractivity contribution in [2.45, 2.75) is 37.5 Å². The van der Waals surface area contributed by atoms with Crippen molar-refractivity contribution >= 4 is 18.2 Å². The van der Waals surface area contributed by atoms with E-state index in [1.54, 1.807) is 32.4 Å². The second-order valence-corrected chi connectivity index (χ2v) is 7.52. The zero-order chi connectivity index (χ0) is 20.8. The number of urea groups is 1. The number of rotatable bonds is 5. The minimum atomic E-state index is -0.250. The van der Waals surface area contributed by atoms with Gasteiger partial charge in [0.2, 0.25) is 0 Å². The van der Waals surface area contributed by atoms with Crippen LogP contribution in [0.25, 0.3) is 0 Å². The third kappa shape index (κ3) is 5.51. The van der Waals surface area contributed by atoms with E-state index in [4.69, 9.17) is 24.1 Å². The largest absolute Gasteiger partial charge is 0.493 e. The van der Waals surface area contributed by atoms with Gasteiger partial charge in [0, 0.05) is 36.9 Å². The van der Waals surface area contributed by atoms with E-state index in [2.05, 4.69) is 15.5 Å². The summed E-state index contributed by atoms with van der Waals surface area (Å²) >= 11 is 0. The highest BCUT2D eigenvalue weighted by Gasteiger charge is 2.42. The maximum absolute atomic E-state index is 12.4. The number of carbonyl (C=O) groups excluding carboxylic acids is 1. The number of methoxy groups -OCH3 is 2. The summed E-state index contributed by atoms with van der Waals surface area (Å²) in [4.78, 5) is 23.2. The third-order valence-corrected chi connectivity index (χ3v) is 5.57. The van der Waals surface area contributed by atoms with Crippen molar-refractivity contribution in [2.75, 3.05) is 39.2 Å². The highest BCUT2D eigenvalue weighted by molar-refractivity contribution is 5.89. The van der Waals surface area contributed by atoms with Crippen LogP contribution < -0.4 is 20.1 Å². The van der Waals surface area contributed by atoms with Gasteiger partial charge in [-0.2, -0.15) is 0 Å². The molecular weight excluding hydrogens is 378 g/mol. The van der Waals surface area contributed by atoms with Crippen LogP contribution >= 0.6 is 0 Å². The van der Waals surface area contributed by atoms with Gasteiger partial charge in [0.05, 0.1) is 26.9 Å². The van der Waals surface area contributed by atoms with Crippen LogP contribution in [0.5, 0.6) is 11.5 Å². The second-order valence-electron chi connectivity index (χ2n) is 7.52. The molecule has 3 atom stereocenters.